The van der Waals surface area contributed by atoms with Crippen molar-refractivity contribution < 1.29 is 19.0 Å². The van der Waals surface area contributed by atoms with E-state index in [2.05, 4.69) is 23.2 Å². The maximum absolute atomic E-state index is 14.0. The van der Waals surface area contributed by atoms with Gasteiger partial charge in [-0.25, -0.2) is 4.39 Å². The third-order valence-electron chi connectivity index (χ3n) is 5.74. The number of carbonyl (C=O) groups is 1. The number of fused-ring (bicyclic) bond motifs is 1. The largest absolute Gasteiger partial charge is 0.487 e. The normalized spacial score (nSPS) is 12.9. The summed E-state index contributed by atoms with van der Waals surface area (Å²) in [5.74, 6) is -0.486. The summed E-state index contributed by atoms with van der Waals surface area (Å²) >= 11 is 0. The summed E-state index contributed by atoms with van der Waals surface area (Å²) in [5, 5.41) is 8.73. The van der Waals surface area contributed by atoms with E-state index in [1.54, 1.807) is 6.20 Å². The van der Waals surface area contributed by atoms with Crippen molar-refractivity contribution in [1.82, 2.24) is 4.98 Å². The van der Waals surface area contributed by atoms with Gasteiger partial charge in [0.15, 0.2) is 0 Å². The van der Waals surface area contributed by atoms with Crippen molar-refractivity contribution in [3.63, 3.8) is 0 Å². The van der Waals surface area contributed by atoms with E-state index in [-0.39, 0.29) is 18.8 Å². The van der Waals surface area contributed by atoms with Gasteiger partial charge in [0, 0.05) is 12.1 Å². The number of aryl methyl sites for hydroxylation is 3. The molecular formula is C26H26FNO3. The number of hydrogen-bond donors (Lipinski definition) is 1. The monoisotopic (exact) mass is 419 g/mol. The van der Waals surface area contributed by atoms with Crippen LogP contribution in [0.2, 0.25) is 0 Å². The molecule has 160 valence electrons. The molecule has 0 unspecified atom stereocenters. The maximum Gasteiger partial charge on any atom is 0.303 e. The predicted molar refractivity (Wildman–Crippen MR) is 118 cm³/mol. The van der Waals surface area contributed by atoms with Crippen molar-refractivity contribution in [2.75, 3.05) is 0 Å². The number of halogens is 1. The van der Waals surface area contributed by atoms with Crippen LogP contribution < -0.4 is 4.74 Å². The number of hydrogen-bond acceptors (Lipinski definition) is 3. The predicted octanol–water partition coefficient (Wildman–Crippen LogP) is 5.75. The number of carboxylic acids is 1. The molecule has 0 saturated carbocycles. The van der Waals surface area contributed by atoms with Gasteiger partial charge in [-0.05, 0) is 90.6 Å². The lowest BCUT2D eigenvalue weighted by molar-refractivity contribution is -0.137. The molecule has 4 nitrogen and oxygen atoms in total. The average molecular weight is 419 g/mol. The standard InChI is InChI=1S/C26H26FNO3/c27-22-10-13-25(20-9-8-18-4-1-2-5-19(18)14-20)21(15-22)17-31-24-12-11-23(28-16-24)6-3-7-26(29)30/h8-16H,1-7,17H2,(H,29,30). The van der Waals surface area contributed by atoms with Gasteiger partial charge in [0.25, 0.3) is 0 Å². The fraction of sp³-hybridized carbons (Fsp3) is 0.308. The van der Waals surface area contributed by atoms with E-state index in [0.29, 0.717) is 18.6 Å². The first-order chi connectivity index (χ1) is 15.1. The highest BCUT2D eigenvalue weighted by Crippen LogP contribution is 2.30. The topological polar surface area (TPSA) is 59.4 Å². The van der Waals surface area contributed by atoms with Crippen LogP contribution in [0.15, 0.2) is 54.7 Å². The fourth-order valence-electron chi connectivity index (χ4n) is 4.09. The van der Waals surface area contributed by atoms with E-state index >= 15 is 0 Å². The Hall–Kier alpha value is -3.21. The zero-order valence-electron chi connectivity index (χ0n) is 17.4. The van der Waals surface area contributed by atoms with E-state index < -0.39 is 5.97 Å². The molecule has 5 heteroatoms. The number of aromatic nitrogens is 1. The molecular weight excluding hydrogens is 393 g/mol. The van der Waals surface area contributed by atoms with Crippen LogP contribution in [0.25, 0.3) is 11.1 Å². The van der Waals surface area contributed by atoms with E-state index in [1.807, 2.05) is 18.2 Å². The Morgan fingerprint density at radius 3 is 2.65 bits per heavy atom. The van der Waals surface area contributed by atoms with Gasteiger partial charge < -0.3 is 9.84 Å². The maximum atomic E-state index is 14.0. The molecule has 0 fully saturated rings. The SMILES string of the molecule is O=C(O)CCCc1ccc(OCc2cc(F)ccc2-c2ccc3c(c2)CCCC3)cn1. The molecule has 31 heavy (non-hydrogen) atoms. The van der Waals surface area contributed by atoms with Crippen LogP contribution in [0.5, 0.6) is 5.75 Å². The Labute approximate surface area is 181 Å². The number of benzene rings is 2. The lowest BCUT2D eigenvalue weighted by Crippen LogP contribution is -2.03. The Morgan fingerprint density at radius 2 is 1.87 bits per heavy atom. The van der Waals surface area contributed by atoms with Crippen LogP contribution >= 0.6 is 0 Å². The first kappa shape index (κ1) is 21.0. The zero-order valence-corrected chi connectivity index (χ0v) is 17.4. The van der Waals surface area contributed by atoms with E-state index in [4.69, 9.17) is 9.84 Å². The average Bonchev–Trinajstić information content (AvgIpc) is 2.78. The molecule has 1 aliphatic carbocycles. The molecule has 0 spiro atoms. The highest BCUT2D eigenvalue weighted by Gasteiger charge is 2.13. The van der Waals surface area contributed by atoms with Crippen LogP contribution in [0.3, 0.4) is 0 Å². The Kier molecular flexibility index (Phi) is 6.60. The molecule has 1 heterocycles. The molecule has 0 atom stereocenters. The van der Waals surface area contributed by atoms with Crippen molar-refractivity contribution in [2.24, 2.45) is 0 Å². The van der Waals surface area contributed by atoms with Gasteiger partial charge in [-0.3, -0.25) is 9.78 Å². The van der Waals surface area contributed by atoms with Gasteiger partial charge in [-0.2, -0.15) is 0 Å². The molecule has 1 aliphatic rings. The quantitative estimate of drug-likeness (QED) is 0.505. The lowest BCUT2D eigenvalue weighted by atomic mass is 9.88. The molecule has 0 aliphatic heterocycles. The number of carboxylic acid groups (broad SMARTS) is 1. The minimum Gasteiger partial charge on any atom is -0.487 e. The van der Waals surface area contributed by atoms with Gasteiger partial charge in [-0.15, -0.1) is 0 Å². The highest BCUT2D eigenvalue weighted by atomic mass is 19.1. The van der Waals surface area contributed by atoms with Gasteiger partial charge in [0.2, 0.25) is 0 Å². The Balaban J connectivity index is 1.46. The third kappa shape index (κ3) is 5.48. The zero-order chi connectivity index (χ0) is 21.6. The summed E-state index contributed by atoms with van der Waals surface area (Å²) in [6, 6.07) is 15.1. The number of ether oxygens (including phenoxy) is 1. The van der Waals surface area contributed by atoms with Crippen LogP contribution in [0.4, 0.5) is 4.39 Å². The summed E-state index contributed by atoms with van der Waals surface area (Å²) < 4.78 is 19.9. The summed E-state index contributed by atoms with van der Waals surface area (Å²) in [6.45, 7) is 0.240. The molecule has 0 radical (unpaired) electrons. The molecule has 0 bridgehead atoms. The summed E-state index contributed by atoms with van der Waals surface area (Å²) in [6.07, 6.45) is 7.62. The van der Waals surface area contributed by atoms with Crippen molar-refractivity contribution in [3.05, 3.63) is 82.9 Å². The van der Waals surface area contributed by atoms with E-state index in [9.17, 15) is 9.18 Å². The van der Waals surface area contributed by atoms with Crippen molar-refractivity contribution in [3.8, 4) is 16.9 Å². The molecule has 3 aromatic rings. The second-order valence-electron chi connectivity index (χ2n) is 8.01. The minimum atomic E-state index is -0.801. The van der Waals surface area contributed by atoms with Crippen LogP contribution in [0.1, 0.15) is 48.1 Å². The highest BCUT2D eigenvalue weighted by molar-refractivity contribution is 5.69. The van der Waals surface area contributed by atoms with Gasteiger partial charge in [0.05, 0.1) is 6.20 Å². The summed E-state index contributed by atoms with van der Waals surface area (Å²) in [7, 11) is 0. The van der Waals surface area contributed by atoms with Gasteiger partial charge >= 0.3 is 5.97 Å². The Morgan fingerprint density at radius 1 is 1.03 bits per heavy atom. The molecule has 0 saturated heterocycles. The molecule has 4 rings (SSSR count). The first-order valence-corrected chi connectivity index (χ1v) is 10.8. The first-order valence-electron chi connectivity index (χ1n) is 10.8. The number of aliphatic carboxylic acids is 1. The van der Waals surface area contributed by atoms with Gasteiger partial charge in [0.1, 0.15) is 18.2 Å². The summed E-state index contributed by atoms with van der Waals surface area (Å²) in [4.78, 5) is 15.0. The van der Waals surface area contributed by atoms with E-state index in [0.717, 1.165) is 35.2 Å². The fourth-order valence-corrected chi connectivity index (χ4v) is 4.09. The van der Waals surface area contributed by atoms with Crippen molar-refractivity contribution in [2.45, 2.75) is 51.6 Å². The smallest absolute Gasteiger partial charge is 0.303 e. The molecule has 2 aromatic carbocycles. The van der Waals surface area contributed by atoms with E-state index in [1.165, 1.54) is 36.1 Å². The molecule has 1 N–H and O–H groups in total. The van der Waals surface area contributed by atoms with Crippen LogP contribution in [0, 0.1) is 5.82 Å². The minimum absolute atomic E-state index is 0.130. The van der Waals surface area contributed by atoms with Crippen LogP contribution in [-0.2, 0) is 30.7 Å². The second kappa shape index (κ2) is 9.73. The summed E-state index contributed by atoms with van der Waals surface area (Å²) in [5.41, 5.74) is 6.50. The molecule has 1 aromatic heterocycles. The lowest BCUT2D eigenvalue weighted by Gasteiger charge is -2.18. The van der Waals surface area contributed by atoms with Crippen molar-refractivity contribution >= 4 is 5.97 Å². The number of pyridine rings is 1. The molecule has 0 amide bonds. The van der Waals surface area contributed by atoms with Crippen LogP contribution in [-0.4, -0.2) is 16.1 Å². The van der Waals surface area contributed by atoms with Crippen molar-refractivity contribution in [1.29, 1.82) is 0 Å². The Bertz CT molecular complexity index is 1060. The second-order valence-corrected chi connectivity index (χ2v) is 8.01. The number of rotatable bonds is 8. The number of nitrogens with zero attached hydrogens (tertiary/aromatic N) is 1. The van der Waals surface area contributed by atoms with Gasteiger partial charge in [-0.1, -0.05) is 24.3 Å². The third-order valence-corrected chi connectivity index (χ3v) is 5.74.